The molecule has 0 aliphatic carbocycles. The fourth-order valence-electron chi connectivity index (χ4n) is 1.36. The Labute approximate surface area is 98.2 Å². The van der Waals surface area contributed by atoms with E-state index < -0.39 is 17.9 Å². The highest BCUT2D eigenvalue weighted by Gasteiger charge is 2.28. The van der Waals surface area contributed by atoms with Crippen LogP contribution in [0.1, 0.15) is 11.3 Å². The van der Waals surface area contributed by atoms with Crippen molar-refractivity contribution in [2.24, 2.45) is 5.92 Å². The predicted molar refractivity (Wildman–Crippen MR) is 60.2 cm³/mol. The third-order valence-corrected chi connectivity index (χ3v) is 3.17. The number of esters is 2. The zero-order chi connectivity index (χ0) is 12.0. The minimum atomic E-state index is -0.822. The molecule has 88 valence electrons. The quantitative estimate of drug-likeness (QED) is 0.582. The molecule has 0 spiro atoms. The number of aryl methyl sites for hydroxylation is 1. The van der Waals surface area contributed by atoms with E-state index in [0.29, 0.717) is 12.8 Å². The summed E-state index contributed by atoms with van der Waals surface area (Å²) in [4.78, 5) is 23.8. The van der Waals surface area contributed by atoms with Crippen molar-refractivity contribution in [3.8, 4) is 0 Å². The molecule has 1 heterocycles. The van der Waals surface area contributed by atoms with Gasteiger partial charge in [-0.15, -0.1) is 11.3 Å². The minimum Gasteiger partial charge on any atom is -0.468 e. The maximum atomic E-state index is 11.4. The first kappa shape index (κ1) is 12.7. The second kappa shape index (κ2) is 6.27. The van der Waals surface area contributed by atoms with Gasteiger partial charge in [-0.05, 0) is 24.3 Å². The Morgan fingerprint density at radius 2 is 1.94 bits per heavy atom. The number of hydrogen-bond donors (Lipinski definition) is 0. The summed E-state index contributed by atoms with van der Waals surface area (Å²) < 4.78 is 9.14. The van der Waals surface area contributed by atoms with Crippen molar-refractivity contribution >= 4 is 23.3 Å². The lowest BCUT2D eigenvalue weighted by Crippen LogP contribution is -2.26. The normalized spacial score (nSPS) is 10.2. The van der Waals surface area contributed by atoms with Gasteiger partial charge in [0.1, 0.15) is 0 Å². The van der Waals surface area contributed by atoms with E-state index in [-0.39, 0.29) is 0 Å². The molecular formula is C11H14O4S. The third-order valence-electron chi connectivity index (χ3n) is 2.23. The molecule has 1 aromatic heterocycles. The van der Waals surface area contributed by atoms with Crippen LogP contribution in [0, 0.1) is 5.92 Å². The highest BCUT2D eigenvalue weighted by molar-refractivity contribution is 7.09. The van der Waals surface area contributed by atoms with Gasteiger partial charge >= 0.3 is 11.9 Å². The van der Waals surface area contributed by atoms with Crippen LogP contribution in [0.3, 0.4) is 0 Å². The molecule has 0 saturated carbocycles. The summed E-state index contributed by atoms with van der Waals surface area (Å²) in [6.07, 6.45) is 1.09. The first-order chi connectivity index (χ1) is 7.69. The predicted octanol–water partition coefficient (Wildman–Crippen LogP) is 1.64. The van der Waals surface area contributed by atoms with E-state index in [9.17, 15) is 9.59 Å². The van der Waals surface area contributed by atoms with Crippen LogP contribution in [0.25, 0.3) is 0 Å². The largest absolute Gasteiger partial charge is 0.468 e. The molecule has 0 aromatic carbocycles. The number of carbonyl (C=O) groups excluding carboxylic acids is 2. The number of methoxy groups -OCH3 is 2. The monoisotopic (exact) mass is 242 g/mol. The molecule has 16 heavy (non-hydrogen) atoms. The molecule has 1 aromatic rings. The highest BCUT2D eigenvalue weighted by Crippen LogP contribution is 2.16. The van der Waals surface area contributed by atoms with Crippen molar-refractivity contribution in [2.45, 2.75) is 12.8 Å². The SMILES string of the molecule is COC(=O)C(CCc1cccs1)C(=O)OC. The molecule has 1 rings (SSSR count). The van der Waals surface area contributed by atoms with E-state index >= 15 is 0 Å². The van der Waals surface area contributed by atoms with Crippen molar-refractivity contribution in [1.29, 1.82) is 0 Å². The Balaban J connectivity index is 2.57. The lowest BCUT2D eigenvalue weighted by atomic mass is 10.0. The molecule has 0 aliphatic rings. The van der Waals surface area contributed by atoms with E-state index in [1.807, 2.05) is 17.5 Å². The molecule has 0 bridgehead atoms. The Hall–Kier alpha value is -1.36. The summed E-state index contributed by atoms with van der Waals surface area (Å²) in [6, 6.07) is 3.90. The maximum Gasteiger partial charge on any atom is 0.320 e. The fraction of sp³-hybridized carbons (Fsp3) is 0.455. The molecule has 0 unspecified atom stereocenters. The van der Waals surface area contributed by atoms with Gasteiger partial charge in [0.25, 0.3) is 0 Å². The summed E-state index contributed by atoms with van der Waals surface area (Å²) in [7, 11) is 2.53. The van der Waals surface area contributed by atoms with Crippen molar-refractivity contribution in [3.05, 3.63) is 22.4 Å². The van der Waals surface area contributed by atoms with Crippen LogP contribution >= 0.6 is 11.3 Å². The average molecular weight is 242 g/mol. The van der Waals surface area contributed by atoms with Crippen molar-refractivity contribution in [3.63, 3.8) is 0 Å². The van der Waals surface area contributed by atoms with Gasteiger partial charge in [-0.25, -0.2) is 0 Å². The second-order valence-electron chi connectivity index (χ2n) is 3.22. The fourth-order valence-corrected chi connectivity index (χ4v) is 2.08. The van der Waals surface area contributed by atoms with Crippen LogP contribution in [-0.4, -0.2) is 26.2 Å². The van der Waals surface area contributed by atoms with Gasteiger partial charge in [-0.1, -0.05) is 6.07 Å². The van der Waals surface area contributed by atoms with Crippen LogP contribution in [-0.2, 0) is 25.5 Å². The van der Waals surface area contributed by atoms with Crippen LogP contribution in [0.15, 0.2) is 17.5 Å². The van der Waals surface area contributed by atoms with Gasteiger partial charge in [0.2, 0.25) is 0 Å². The highest BCUT2D eigenvalue weighted by atomic mass is 32.1. The Bertz CT molecular complexity index is 329. The number of hydrogen-bond acceptors (Lipinski definition) is 5. The first-order valence-corrected chi connectivity index (χ1v) is 5.75. The summed E-state index contributed by atoms with van der Waals surface area (Å²) in [5.41, 5.74) is 0. The molecule has 0 fully saturated rings. The molecule has 0 atom stereocenters. The maximum absolute atomic E-state index is 11.4. The molecule has 4 nitrogen and oxygen atoms in total. The molecule has 0 saturated heterocycles. The summed E-state index contributed by atoms with van der Waals surface area (Å²) in [6.45, 7) is 0. The topological polar surface area (TPSA) is 52.6 Å². The van der Waals surface area contributed by atoms with Gasteiger partial charge in [-0.3, -0.25) is 9.59 Å². The second-order valence-corrected chi connectivity index (χ2v) is 4.25. The zero-order valence-corrected chi connectivity index (χ0v) is 10.1. The smallest absolute Gasteiger partial charge is 0.320 e. The zero-order valence-electron chi connectivity index (χ0n) is 9.26. The lowest BCUT2D eigenvalue weighted by Gasteiger charge is -2.11. The van der Waals surface area contributed by atoms with Gasteiger partial charge in [0.15, 0.2) is 5.92 Å². The standard InChI is InChI=1S/C11H14O4S/c1-14-10(12)9(11(13)15-2)6-5-8-4-3-7-16-8/h3-4,7,9H,5-6H2,1-2H3. The first-order valence-electron chi connectivity index (χ1n) is 4.87. The van der Waals surface area contributed by atoms with Gasteiger partial charge in [0, 0.05) is 4.88 Å². The molecule has 0 N–H and O–H groups in total. The van der Waals surface area contributed by atoms with Crippen molar-refractivity contribution in [2.75, 3.05) is 14.2 Å². The molecule has 0 amide bonds. The van der Waals surface area contributed by atoms with E-state index in [1.165, 1.54) is 14.2 Å². The molecule has 0 radical (unpaired) electrons. The molecule has 0 aliphatic heterocycles. The average Bonchev–Trinajstić information content (AvgIpc) is 2.81. The third kappa shape index (κ3) is 3.34. The van der Waals surface area contributed by atoms with E-state index in [4.69, 9.17) is 0 Å². The number of carbonyl (C=O) groups is 2. The van der Waals surface area contributed by atoms with Gasteiger partial charge in [0.05, 0.1) is 14.2 Å². The lowest BCUT2D eigenvalue weighted by molar-refractivity contribution is -0.159. The van der Waals surface area contributed by atoms with E-state index in [2.05, 4.69) is 9.47 Å². The molecule has 5 heteroatoms. The van der Waals surface area contributed by atoms with Crippen LogP contribution in [0.2, 0.25) is 0 Å². The Morgan fingerprint density at radius 1 is 1.31 bits per heavy atom. The molecular weight excluding hydrogens is 228 g/mol. The van der Waals surface area contributed by atoms with E-state index in [1.54, 1.807) is 11.3 Å². The summed E-state index contributed by atoms with van der Waals surface area (Å²) >= 11 is 1.60. The van der Waals surface area contributed by atoms with Crippen molar-refractivity contribution < 1.29 is 19.1 Å². The Kier molecular flexibility index (Phi) is 4.98. The van der Waals surface area contributed by atoms with Gasteiger partial charge < -0.3 is 9.47 Å². The van der Waals surface area contributed by atoms with E-state index in [0.717, 1.165) is 4.88 Å². The van der Waals surface area contributed by atoms with Crippen LogP contribution in [0.4, 0.5) is 0 Å². The summed E-state index contributed by atoms with van der Waals surface area (Å²) in [5, 5.41) is 1.96. The minimum absolute atomic E-state index is 0.417. The Morgan fingerprint density at radius 3 is 2.38 bits per heavy atom. The van der Waals surface area contributed by atoms with Gasteiger partial charge in [-0.2, -0.15) is 0 Å². The summed E-state index contributed by atoms with van der Waals surface area (Å²) in [5.74, 6) is -1.90. The number of thiophene rings is 1. The van der Waals surface area contributed by atoms with Crippen LogP contribution < -0.4 is 0 Å². The number of ether oxygens (including phenoxy) is 2. The van der Waals surface area contributed by atoms with Crippen LogP contribution in [0.5, 0.6) is 0 Å². The van der Waals surface area contributed by atoms with Crippen molar-refractivity contribution in [1.82, 2.24) is 0 Å². The number of rotatable bonds is 5.